The van der Waals surface area contributed by atoms with Crippen LogP contribution in [0.5, 0.6) is 0 Å². The van der Waals surface area contributed by atoms with Crippen molar-refractivity contribution in [1.29, 1.82) is 0 Å². The van der Waals surface area contributed by atoms with Crippen LogP contribution in [0.1, 0.15) is 19.8 Å². The Hall–Kier alpha value is -0.500. The van der Waals surface area contributed by atoms with Crippen LogP contribution < -0.4 is 5.32 Å². The summed E-state index contributed by atoms with van der Waals surface area (Å²) in [6, 6.07) is 0. The molecule has 1 amide bonds. The number of halogens is 1. The van der Waals surface area contributed by atoms with Crippen molar-refractivity contribution in [3.8, 4) is 0 Å². The summed E-state index contributed by atoms with van der Waals surface area (Å²) >= 11 is 5.42. The molecule has 1 N–H and O–H groups in total. The lowest BCUT2D eigenvalue weighted by Gasteiger charge is -1.90. The third kappa shape index (κ3) is 7.50. The van der Waals surface area contributed by atoms with Crippen LogP contribution in [-0.4, -0.2) is 11.8 Å². The van der Waals surface area contributed by atoms with E-state index in [1.807, 2.05) is 6.08 Å². The number of carbonyl (C=O) groups is 1. The number of alkyl halides is 1. The molecule has 0 aromatic heterocycles. The van der Waals surface area contributed by atoms with Gasteiger partial charge in [0.25, 0.3) is 0 Å². The molecule has 0 unspecified atom stereocenters. The highest BCUT2D eigenvalue weighted by Gasteiger charge is 1.81. The minimum atomic E-state index is -0.0397. The maximum absolute atomic E-state index is 10.3. The molecule has 0 saturated heterocycles. The lowest BCUT2D eigenvalue weighted by molar-refractivity contribution is -0.118. The molecule has 0 saturated carbocycles. The molecular formula is C7H12ClNO. The van der Waals surface area contributed by atoms with Gasteiger partial charge in [0, 0.05) is 12.8 Å². The maximum Gasteiger partial charge on any atom is 0.220 e. The van der Waals surface area contributed by atoms with Crippen molar-refractivity contribution in [3.05, 3.63) is 12.3 Å². The van der Waals surface area contributed by atoms with E-state index in [-0.39, 0.29) is 5.91 Å². The molecule has 0 spiro atoms. The SMILES string of the molecule is CC(=O)N/C=C/CCCCl. The molecule has 3 heteroatoms. The molecule has 0 heterocycles. The number of carbonyl (C=O) groups excluding carboxylic acids is 1. The molecule has 0 aliphatic heterocycles. The largest absolute Gasteiger partial charge is 0.333 e. The van der Waals surface area contributed by atoms with Gasteiger partial charge in [0.2, 0.25) is 5.91 Å². The lowest BCUT2D eigenvalue weighted by Crippen LogP contribution is -2.11. The molecule has 0 aromatic rings. The van der Waals surface area contributed by atoms with Gasteiger partial charge >= 0.3 is 0 Å². The summed E-state index contributed by atoms with van der Waals surface area (Å²) < 4.78 is 0. The Labute approximate surface area is 66.3 Å². The zero-order valence-corrected chi connectivity index (χ0v) is 6.82. The van der Waals surface area contributed by atoms with E-state index in [0.29, 0.717) is 5.88 Å². The number of hydrogen-bond donors (Lipinski definition) is 1. The first-order valence-electron chi connectivity index (χ1n) is 3.25. The first-order chi connectivity index (χ1) is 4.77. The Kier molecular flexibility index (Phi) is 6.29. The highest BCUT2D eigenvalue weighted by atomic mass is 35.5. The fourth-order valence-corrected chi connectivity index (χ4v) is 0.609. The fourth-order valence-electron chi connectivity index (χ4n) is 0.455. The van der Waals surface area contributed by atoms with Crippen LogP contribution in [0.2, 0.25) is 0 Å². The van der Waals surface area contributed by atoms with Crippen LogP contribution >= 0.6 is 11.6 Å². The summed E-state index contributed by atoms with van der Waals surface area (Å²) in [7, 11) is 0. The second-order valence-corrected chi connectivity index (χ2v) is 2.31. The topological polar surface area (TPSA) is 29.1 Å². The number of unbranched alkanes of at least 4 members (excludes halogenated alkanes) is 1. The summed E-state index contributed by atoms with van der Waals surface area (Å²) in [5, 5.41) is 2.54. The van der Waals surface area contributed by atoms with Gasteiger partial charge in [0.05, 0.1) is 0 Å². The van der Waals surface area contributed by atoms with Crippen LogP contribution in [0.4, 0.5) is 0 Å². The van der Waals surface area contributed by atoms with Gasteiger partial charge in [-0.05, 0) is 19.0 Å². The molecule has 0 rings (SSSR count). The molecule has 0 aliphatic rings. The fraction of sp³-hybridized carbons (Fsp3) is 0.571. The molecule has 0 fully saturated rings. The van der Waals surface area contributed by atoms with Crippen LogP contribution in [-0.2, 0) is 4.79 Å². The molecule has 0 bridgehead atoms. The second-order valence-electron chi connectivity index (χ2n) is 1.93. The number of nitrogens with one attached hydrogen (secondary N) is 1. The first kappa shape index (κ1) is 9.50. The molecular weight excluding hydrogens is 150 g/mol. The van der Waals surface area contributed by atoms with E-state index in [1.54, 1.807) is 6.20 Å². The Bertz CT molecular complexity index is 123. The van der Waals surface area contributed by atoms with Crippen molar-refractivity contribution in [3.63, 3.8) is 0 Å². The van der Waals surface area contributed by atoms with Gasteiger partial charge in [-0.15, -0.1) is 11.6 Å². The van der Waals surface area contributed by atoms with E-state index in [2.05, 4.69) is 5.32 Å². The zero-order valence-electron chi connectivity index (χ0n) is 6.06. The van der Waals surface area contributed by atoms with Crippen molar-refractivity contribution in [2.24, 2.45) is 0 Å². The van der Waals surface area contributed by atoms with Gasteiger partial charge in [0.1, 0.15) is 0 Å². The van der Waals surface area contributed by atoms with Gasteiger partial charge in [-0.2, -0.15) is 0 Å². The van der Waals surface area contributed by atoms with Crippen LogP contribution in [0.15, 0.2) is 12.3 Å². The van der Waals surface area contributed by atoms with E-state index in [0.717, 1.165) is 12.8 Å². The van der Waals surface area contributed by atoms with E-state index in [1.165, 1.54) is 6.92 Å². The van der Waals surface area contributed by atoms with E-state index in [4.69, 9.17) is 11.6 Å². The quantitative estimate of drug-likeness (QED) is 0.493. The zero-order chi connectivity index (χ0) is 7.82. The lowest BCUT2D eigenvalue weighted by atomic mass is 10.3. The van der Waals surface area contributed by atoms with Crippen LogP contribution in [0.3, 0.4) is 0 Å². The average Bonchev–Trinajstić information content (AvgIpc) is 1.87. The van der Waals surface area contributed by atoms with E-state index >= 15 is 0 Å². The molecule has 2 nitrogen and oxygen atoms in total. The third-order valence-corrected chi connectivity index (χ3v) is 1.18. The van der Waals surface area contributed by atoms with Gasteiger partial charge < -0.3 is 5.32 Å². The highest BCUT2D eigenvalue weighted by Crippen LogP contribution is 1.91. The Morgan fingerprint density at radius 3 is 2.90 bits per heavy atom. The predicted octanol–water partition coefficient (Wildman–Crippen LogP) is 1.66. The van der Waals surface area contributed by atoms with Crippen LogP contribution in [0, 0.1) is 0 Å². The Morgan fingerprint density at radius 2 is 2.40 bits per heavy atom. The standard InChI is InChI=1S/C7H12ClNO/c1-7(10)9-6-4-2-3-5-8/h4,6H,2-3,5H2,1H3,(H,9,10)/b6-4+. The molecule has 0 atom stereocenters. The van der Waals surface area contributed by atoms with Gasteiger partial charge in [-0.1, -0.05) is 6.08 Å². The van der Waals surface area contributed by atoms with Gasteiger partial charge in [-0.3, -0.25) is 4.79 Å². The molecule has 0 aromatic carbocycles. The maximum atomic E-state index is 10.3. The minimum absolute atomic E-state index is 0.0397. The minimum Gasteiger partial charge on any atom is -0.333 e. The van der Waals surface area contributed by atoms with Crippen molar-refractivity contribution in [1.82, 2.24) is 5.32 Å². The molecule has 10 heavy (non-hydrogen) atoms. The second kappa shape index (κ2) is 6.62. The van der Waals surface area contributed by atoms with Crippen molar-refractivity contribution in [2.75, 3.05) is 5.88 Å². The summed E-state index contributed by atoms with van der Waals surface area (Å²) in [6.45, 7) is 1.48. The number of hydrogen-bond acceptors (Lipinski definition) is 1. The van der Waals surface area contributed by atoms with Crippen LogP contribution in [0.25, 0.3) is 0 Å². The smallest absolute Gasteiger partial charge is 0.220 e. The molecule has 0 aliphatic carbocycles. The Morgan fingerprint density at radius 1 is 1.70 bits per heavy atom. The van der Waals surface area contributed by atoms with Crippen molar-refractivity contribution >= 4 is 17.5 Å². The summed E-state index contributed by atoms with van der Waals surface area (Å²) in [5.74, 6) is 0.631. The monoisotopic (exact) mass is 161 g/mol. The van der Waals surface area contributed by atoms with E-state index < -0.39 is 0 Å². The number of amides is 1. The molecule has 58 valence electrons. The highest BCUT2D eigenvalue weighted by molar-refractivity contribution is 6.17. The summed E-state index contributed by atoms with van der Waals surface area (Å²) in [4.78, 5) is 10.3. The number of allylic oxidation sites excluding steroid dienone is 1. The normalized spacial score (nSPS) is 10.2. The molecule has 0 radical (unpaired) electrons. The van der Waals surface area contributed by atoms with Gasteiger partial charge in [0.15, 0.2) is 0 Å². The Balaban J connectivity index is 3.12. The summed E-state index contributed by atoms with van der Waals surface area (Å²) in [5.41, 5.74) is 0. The predicted molar refractivity (Wildman–Crippen MR) is 42.9 cm³/mol. The van der Waals surface area contributed by atoms with Crippen molar-refractivity contribution in [2.45, 2.75) is 19.8 Å². The first-order valence-corrected chi connectivity index (χ1v) is 3.79. The van der Waals surface area contributed by atoms with Crippen molar-refractivity contribution < 1.29 is 4.79 Å². The summed E-state index contributed by atoms with van der Waals surface area (Å²) in [6.07, 6.45) is 5.42. The number of rotatable bonds is 4. The van der Waals surface area contributed by atoms with E-state index in [9.17, 15) is 4.79 Å². The van der Waals surface area contributed by atoms with Gasteiger partial charge in [-0.25, -0.2) is 0 Å². The third-order valence-electron chi connectivity index (χ3n) is 0.909. The average molecular weight is 162 g/mol.